The topological polar surface area (TPSA) is 42.8 Å². The predicted molar refractivity (Wildman–Crippen MR) is 196 cm³/mol. The van der Waals surface area contributed by atoms with Crippen LogP contribution in [0.3, 0.4) is 0 Å². The van der Waals surface area contributed by atoms with Gasteiger partial charge in [-0.1, -0.05) is 128 Å². The molecule has 9 rings (SSSR count). The summed E-state index contributed by atoms with van der Waals surface area (Å²) in [6.07, 6.45) is 3.11. The van der Waals surface area contributed by atoms with E-state index in [4.69, 9.17) is 14.4 Å². The minimum absolute atomic E-state index is 0.201. The van der Waals surface area contributed by atoms with Crippen LogP contribution in [0.4, 0.5) is 0 Å². The predicted octanol–water partition coefficient (Wildman–Crippen LogP) is 11.1. The quantitative estimate of drug-likeness (QED) is 0.198. The monoisotopic (exact) mass is 605 g/mol. The van der Waals surface area contributed by atoms with Gasteiger partial charge in [0.25, 0.3) is 0 Å². The molecule has 0 N–H and O–H groups in total. The first-order chi connectivity index (χ1) is 23.2. The van der Waals surface area contributed by atoms with Crippen molar-refractivity contribution in [2.45, 2.75) is 13.3 Å². The second-order valence-corrected chi connectivity index (χ2v) is 12.2. The Kier molecular flexibility index (Phi) is 6.46. The van der Waals surface area contributed by atoms with Crippen LogP contribution < -0.4 is 0 Å². The molecular formula is C43H31N3O. The SMILES string of the molecule is CC1CC=C(c2ccccc2)N=C(n2c3ccccc3c3cc(-c4cccc5oc6ccccc6c45)ccc32)N=C1c1ccccc1. The van der Waals surface area contributed by atoms with Crippen molar-refractivity contribution in [2.75, 3.05) is 0 Å². The van der Waals surface area contributed by atoms with E-state index in [0.29, 0.717) is 5.96 Å². The molecule has 8 aromatic rings. The number of para-hydroxylation sites is 2. The van der Waals surface area contributed by atoms with Crippen molar-refractivity contribution in [1.29, 1.82) is 0 Å². The summed E-state index contributed by atoms with van der Waals surface area (Å²) in [5.41, 5.74) is 10.4. The fraction of sp³-hybridized carbons (Fsp3) is 0.0698. The number of fused-ring (bicyclic) bond motifs is 6. The average molecular weight is 606 g/mol. The van der Waals surface area contributed by atoms with Crippen LogP contribution in [-0.4, -0.2) is 16.2 Å². The minimum atomic E-state index is 0.201. The molecule has 0 amide bonds. The number of aliphatic imine (C=N–C) groups is 2. The van der Waals surface area contributed by atoms with Gasteiger partial charge in [-0.15, -0.1) is 0 Å². The number of furan rings is 1. The summed E-state index contributed by atoms with van der Waals surface area (Å²) in [5.74, 6) is 0.860. The molecule has 1 aliphatic rings. The zero-order valence-corrected chi connectivity index (χ0v) is 26.0. The lowest BCUT2D eigenvalue weighted by molar-refractivity contribution is 0.669. The normalized spacial score (nSPS) is 15.4. The van der Waals surface area contributed by atoms with Gasteiger partial charge in [-0.2, -0.15) is 0 Å². The lowest BCUT2D eigenvalue weighted by Gasteiger charge is -2.19. The van der Waals surface area contributed by atoms with Crippen LogP contribution in [0, 0.1) is 5.92 Å². The van der Waals surface area contributed by atoms with Crippen molar-refractivity contribution in [2.24, 2.45) is 15.9 Å². The summed E-state index contributed by atoms with van der Waals surface area (Å²) in [4.78, 5) is 10.8. The van der Waals surface area contributed by atoms with Crippen molar-refractivity contribution in [1.82, 2.24) is 4.57 Å². The molecule has 1 aliphatic heterocycles. The van der Waals surface area contributed by atoms with Crippen LogP contribution in [0.1, 0.15) is 24.5 Å². The molecule has 3 heterocycles. The molecule has 0 radical (unpaired) electrons. The first-order valence-corrected chi connectivity index (χ1v) is 16.2. The molecule has 224 valence electrons. The molecular weight excluding hydrogens is 574 g/mol. The Morgan fingerprint density at radius 3 is 2.09 bits per heavy atom. The fourth-order valence-corrected chi connectivity index (χ4v) is 7.02. The summed E-state index contributed by atoms with van der Waals surface area (Å²) in [7, 11) is 0. The highest BCUT2D eigenvalue weighted by Gasteiger charge is 2.22. The van der Waals surface area contributed by atoms with E-state index >= 15 is 0 Å². The highest BCUT2D eigenvalue weighted by atomic mass is 16.3. The van der Waals surface area contributed by atoms with Crippen LogP contribution in [0.5, 0.6) is 0 Å². The van der Waals surface area contributed by atoms with Crippen molar-refractivity contribution < 1.29 is 4.42 Å². The van der Waals surface area contributed by atoms with Crippen molar-refractivity contribution in [3.63, 3.8) is 0 Å². The van der Waals surface area contributed by atoms with Gasteiger partial charge >= 0.3 is 0 Å². The molecule has 0 fully saturated rings. The summed E-state index contributed by atoms with van der Waals surface area (Å²) in [5, 5.41) is 4.58. The largest absolute Gasteiger partial charge is 0.456 e. The molecule has 6 aromatic carbocycles. The van der Waals surface area contributed by atoms with Crippen molar-refractivity contribution >= 4 is 61.1 Å². The first kappa shape index (κ1) is 27.3. The van der Waals surface area contributed by atoms with Gasteiger partial charge in [0.05, 0.1) is 22.4 Å². The molecule has 4 heteroatoms. The number of nitrogens with zero attached hydrogens (tertiary/aromatic N) is 3. The second-order valence-electron chi connectivity index (χ2n) is 12.2. The maximum atomic E-state index is 6.24. The summed E-state index contributed by atoms with van der Waals surface area (Å²) in [6.45, 7) is 2.26. The van der Waals surface area contributed by atoms with E-state index in [9.17, 15) is 0 Å². The lowest BCUT2D eigenvalue weighted by Crippen LogP contribution is -2.20. The molecule has 2 aromatic heterocycles. The van der Waals surface area contributed by atoms with Gasteiger partial charge in [-0.05, 0) is 59.0 Å². The number of benzene rings is 6. The third-order valence-corrected chi connectivity index (χ3v) is 9.30. The Hall–Kier alpha value is -6.00. The average Bonchev–Trinajstić information content (AvgIpc) is 3.67. The number of allylic oxidation sites excluding steroid dienone is 1. The van der Waals surface area contributed by atoms with Crippen LogP contribution in [0.25, 0.3) is 60.6 Å². The zero-order valence-electron chi connectivity index (χ0n) is 26.0. The Morgan fingerprint density at radius 1 is 0.574 bits per heavy atom. The zero-order chi connectivity index (χ0) is 31.3. The van der Waals surface area contributed by atoms with Gasteiger partial charge in [0.15, 0.2) is 0 Å². The third-order valence-electron chi connectivity index (χ3n) is 9.30. The van der Waals surface area contributed by atoms with E-state index in [0.717, 1.165) is 83.8 Å². The molecule has 0 spiro atoms. The highest BCUT2D eigenvalue weighted by molar-refractivity contribution is 6.19. The molecule has 1 unspecified atom stereocenters. The van der Waals surface area contributed by atoms with E-state index in [1.54, 1.807) is 0 Å². The molecule has 4 nitrogen and oxygen atoms in total. The number of aromatic nitrogens is 1. The van der Waals surface area contributed by atoms with Crippen LogP contribution >= 0.6 is 0 Å². The molecule has 0 bridgehead atoms. The smallest absolute Gasteiger partial charge is 0.235 e. The van der Waals surface area contributed by atoms with E-state index in [1.807, 2.05) is 18.2 Å². The second kappa shape index (κ2) is 11.1. The highest BCUT2D eigenvalue weighted by Crippen LogP contribution is 2.39. The summed E-state index contributed by atoms with van der Waals surface area (Å²) in [6, 6.07) is 50.9. The Morgan fingerprint density at radius 2 is 1.26 bits per heavy atom. The maximum Gasteiger partial charge on any atom is 0.235 e. The Bertz CT molecular complexity index is 2550. The van der Waals surface area contributed by atoms with Crippen LogP contribution in [0.15, 0.2) is 166 Å². The summed E-state index contributed by atoms with van der Waals surface area (Å²) >= 11 is 0. The number of hydrogen-bond acceptors (Lipinski definition) is 3. The maximum absolute atomic E-state index is 6.24. The van der Waals surface area contributed by atoms with Gasteiger partial charge in [-0.25, -0.2) is 9.98 Å². The van der Waals surface area contributed by atoms with Gasteiger partial charge in [0.1, 0.15) is 11.2 Å². The van der Waals surface area contributed by atoms with E-state index < -0.39 is 0 Å². The Balaban J connectivity index is 1.31. The third kappa shape index (κ3) is 4.60. The minimum Gasteiger partial charge on any atom is -0.456 e. The molecule has 0 saturated carbocycles. The molecule has 0 saturated heterocycles. The van der Waals surface area contributed by atoms with Gasteiger partial charge in [0.2, 0.25) is 5.96 Å². The van der Waals surface area contributed by atoms with Gasteiger partial charge < -0.3 is 4.42 Å². The van der Waals surface area contributed by atoms with Crippen molar-refractivity contribution in [3.05, 3.63) is 163 Å². The van der Waals surface area contributed by atoms with Gasteiger partial charge in [-0.3, -0.25) is 4.57 Å². The van der Waals surface area contributed by atoms with E-state index in [2.05, 4.69) is 145 Å². The van der Waals surface area contributed by atoms with Gasteiger partial charge in [0, 0.05) is 27.5 Å². The van der Waals surface area contributed by atoms with Crippen LogP contribution in [-0.2, 0) is 0 Å². The molecule has 0 aliphatic carbocycles. The molecule has 47 heavy (non-hydrogen) atoms. The Labute approximate surface area is 272 Å². The first-order valence-electron chi connectivity index (χ1n) is 16.2. The summed E-state index contributed by atoms with van der Waals surface area (Å²) < 4.78 is 8.48. The van der Waals surface area contributed by atoms with Crippen molar-refractivity contribution in [3.8, 4) is 11.1 Å². The van der Waals surface area contributed by atoms with E-state index in [1.165, 1.54) is 0 Å². The standard InChI is InChI=1S/C43H31N3O/c1-28-23-25-36(29-13-4-2-5-14-29)44-43(45-42(28)30-15-6-3-7-16-30)46-37-20-10-8-17-33(37)35-27-31(24-26-38(35)46)32-19-12-22-40-41(32)34-18-9-11-21-39(34)47-40/h2-22,24-28H,23H2,1H3. The lowest BCUT2D eigenvalue weighted by atomic mass is 9.94. The van der Waals surface area contributed by atoms with Crippen LogP contribution in [0.2, 0.25) is 0 Å². The number of hydrogen-bond donors (Lipinski definition) is 0. The van der Waals surface area contributed by atoms with E-state index in [-0.39, 0.29) is 5.92 Å². The fourth-order valence-electron chi connectivity index (χ4n) is 7.02. The molecule has 1 atom stereocenters. The number of rotatable bonds is 3.